The Labute approximate surface area is 131 Å². The van der Waals surface area contributed by atoms with Crippen molar-refractivity contribution in [1.29, 1.82) is 0 Å². The van der Waals surface area contributed by atoms with Gasteiger partial charge in [-0.15, -0.1) is 0 Å². The van der Waals surface area contributed by atoms with Crippen LogP contribution in [0.25, 0.3) is 0 Å². The lowest BCUT2D eigenvalue weighted by Gasteiger charge is -2.19. The largest absolute Gasteiger partial charge is 0.399 e. The summed E-state index contributed by atoms with van der Waals surface area (Å²) in [5.41, 5.74) is 10.9. The second-order valence-electron chi connectivity index (χ2n) is 5.33. The molecule has 118 valence electrons. The van der Waals surface area contributed by atoms with Gasteiger partial charge in [0.25, 0.3) is 0 Å². The van der Waals surface area contributed by atoms with Gasteiger partial charge in [-0.25, -0.2) is 0 Å². The van der Waals surface area contributed by atoms with Gasteiger partial charge >= 0.3 is 0 Å². The van der Waals surface area contributed by atoms with Crippen LogP contribution >= 0.6 is 0 Å². The summed E-state index contributed by atoms with van der Waals surface area (Å²) in [5, 5.41) is 15.6. The van der Waals surface area contributed by atoms with Gasteiger partial charge in [0.15, 0.2) is 0 Å². The van der Waals surface area contributed by atoms with E-state index in [-0.39, 0.29) is 6.61 Å². The van der Waals surface area contributed by atoms with Gasteiger partial charge in [0, 0.05) is 38.6 Å². The normalized spacial score (nSPS) is 10.3. The molecule has 22 heavy (non-hydrogen) atoms. The third-order valence-electron chi connectivity index (χ3n) is 3.41. The summed E-state index contributed by atoms with van der Waals surface area (Å²) >= 11 is 0. The number of hydrogen-bond acceptors (Lipinski definition) is 5. The van der Waals surface area contributed by atoms with E-state index in [1.54, 1.807) is 0 Å². The van der Waals surface area contributed by atoms with Gasteiger partial charge in [-0.1, -0.05) is 12.1 Å². The summed E-state index contributed by atoms with van der Waals surface area (Å²) in [4.78, 5) is 2.08. The maximum atomic E-state index is 8.97. The molecular weight excluding hydrogens is 276 g/mol. The number of para-hydroxylation sites is 2. The van der Waals surface area contributed by atoms with Crippen LogP contribution in [-0.4, -0.2) is 32.4 Å². The first-order valence-corrected chi connectivity index (χ1v) is 7.35. The van der Waals surface area contributed by atoms with Crippen LogP contribution in [0.1, 0.15) is 5.56 Å². The number of nitrogen functional groups attached to an aromatic ring is 1. The first-order chi connectivity index (χ1) is 10.6. The summed E-state index contributed by atoms with van der Waals surface area (Å²) in [6, 6.07) is 13.9. The van der Waals surface area contributed by atoms with Crippen LogP contribution in [0, 0.1) is 0 Å². The van der Waals surface area contributed by atoms with Crippen molar-refractivity contribution in [1.82, 2.24) is 0 Å². The third kappa shape index (κ3) is 4.05. The molecule has 0 fully saturated rings. The van der Waals surface area contributed by atoms with Gasteiger partial charge < -0.3 is 26.4 Å². The third-order valence-corrected chi connectivity index (χ3v) is 3.41. The zero-order chi connectivity index (χ0) is 15.9. The van der Waals surface area contributed by atoms with Crippen molar-refractivity contribution in [3.05, 3.63) is 48.0 Å². The predicted octanol–water partition coefficient (Wildman–Crippen LogP) is 2.35. The Bertz CT molecular complexity index is 613. The summed E-state index contributed by atoms with van der Waals surface area (Å²) in [6.45, 7) is 1.27. The van der Waals surface area contributed by atoms with E-state index in [1.165, 1.54) is 0 Å². The monoisotopic (exact) mass is 300 g/mol. The van der Waals surface area contributed by atoms with Crippen LogP contribution in [0.15, 0.2) is 42.5 Å². The average molecular weight is 300 g/mol. The fourth-order valence-corrected chi connectivity index (χ4v) is 2.33. The van der Waals surface area contributed by atoms with Crippen molar-refractivity contribution in [3.8, 4) is 0 Å². The molecule has 0 aliphatic carbocycles. The van der Waals surface area contributed by atoms with E-state index < -0.39 is 0 Å². The fraction of sp³-hybridized carbons (Fsp3) is 0.294. The Kier molecular flexibility index (Phi) is 5.49. The van der Waals surface area contributed by atoms with Crippen molar-refractivity contribution in [2.45, 2.75) is 6.54 Å². The maximum absolute atomic E-state index is 8.97. The van der Waals surface area contributed by atoms with Crippen molar-refractivity contribution in [3.63, 3.8) is 0 Å². The van der Waals surface area contributed by atoms with E-state index in [0.29, 0.717) is 13.1 Å². The lowest BCUT2D eigenvalue weighted by molar-refractivity contribution is 0.311. The number of nitrogens with zero attached hydrogens (tertiary/aromatic N) is 1. The van der Waals surface area contributed by atoms with Gasteiger partial charge in [-0.2, -0.15) is 0 Å². The molecule has 0 spiro atoms. The Morgan fingerprint density at radius 3 is 2.55 bits per heavy atom. The van der Waals surface area contributed by atoms with Crippen molar-refractivity contribution >= 4 is 22.7 Å². The Morgan fingerprint density at radius 2 is 1.82 bits per heavy atom. The standard InChI is InChI=1S/C17H24N4O/c1-21(2)17-6-4-3-5-16(17)20-12-13-11-14(18)7-8-15(13)19-9-10-22/h3-8,11,19-20,22H,9-10,12,18H2,1-2H3. The van der Waals surface area contributed by atoms with Crippen LogP contribution in [0.2, 0.25) is 0 Å². The molecule has 2 rings (SSSR count). The lowest BCUT2D eigenvalue weighted by atomic mass is 10.1. The molecule has 0 aliphatic rings. The highest BCUT2D eigenvalue weighted by atomic mass is 16.3. The van der Waals surface area contributed by atoms with E-state index in [4.69, 9.17) is 10.8 Å². The number of anilines is 4. The molecule has 0 radical (unpaired) electrons. The number of nitrogens with one attached hydrogen (secondary N) is 2. The van der Waals surface area contributed by atoms with Crippen LogP contribution in [0.5, 0.6) is 0 Å². The van der Waals surface area contributed by atoms with Gasteiger partial charge in [0.2, 0.25) is 0 Å². The Balaban J connectivity index is 2.16. The van der Waals surface area contributed by atoms with E-state index in [9.17, 15) is 0 Å². The number of benzene rings is 2. The van der Waals surface area contributed by atoms with Crippen LogP contribution in [0.4, 0.5) is 22.7 Å². The molecule has 0 saturated carbocycles. The lowest BCUT2D eigenvalue weighted by Crippen LogP contribution is -2.13. The molecule has 0 aromatic heterocycles. The zero-order valence-corrected chi connectivity index (χ0v) is 13.1. The number of nitrogens with two attached hydrogens (primary N) is 1. The first-order valence-electron chi connectivity index (χ1n) is 7.35. The van der Waals surface area contributed by atoms with Crippen LogP contribution in [0.3, 0.4) is 0 Å². The summed E-state index contributed by atoms with van der Waals surface area (Å²) in [6.07, 6.45) is 0. The molecule has 2 aromatic carbocycles. The second kappa shape index (κ2) is 7.56. The highest BCUT2D eigenvalue weighted by Crippen LogP contribution is 2.26. The number of aliphatic hydroxyl groups is 1. The number of hydrogen-bond donors (Lipinski definition) is 4. The SMILES string of the molecule is CN(C)c1ccccc1NCc1cc(N)ccc1NCCO. The molecule has 0 bridgehead atoms. The minimum absolute atomic E-state index is 0.0979. The van der Waals surface area contributed by atoms with E-state index in [2.05, 4.69) is 27.7 Å². The van der Waals surface area contributed by atoms with E-state index in [1.807, 2.05) is 44.4 Å². The number of aliphatic hydroxyl groups excluding tert-OH is 1. The quantitative estimate of drug-likeness (QED) is 0.591. The van der Waals surface area contributed by atoms with Crippen LogP contribution in [-0.2, 0) is 6.54 Å². The Morgan fingerprint density at radius 1 is 1.05 bits per heavy atom. The van der Waals surface area contributed by atoms with Crippen molar-refractivity contribution in [2.75, 3.05) is 48.5 Å². The molecule has 5 N–H and O–H groups in total. The van der Waals surface area contributed by atoms with Gasteiger partial charge in [0.05, 0.1) is 18.0 Å². The molecule has 0 amide bonds. The fourth-order valence-electron chi connectivity index (χ4n) is 2.33. The van der Waals surface area contributed by atoms with Crippen molar-refractivity contribution in [2.24, 2.45) is 0 Å². The van der Waals surface area contributed by atoms with Crippen LogP contribution < -0.4 is 21.3 Å². The molecule has 5 heteroatoms. The number of rotatable bonds is 7. The predicted molar refractivity (Wildman–Crippen MR) is 94.5 cm³/mol. The minimum Gasteiger partial charge on any atom is -0.399 e. The second-order valence-corrected chi connectivity index (χ2v) is 5.33. The molecule has 0 saturated heterocycles. The molecule has 0 aliphatic heterocycles. The first kappa shape index (κ1) is 16.0. The molecular formula is C17H24N4O. The van der Waals surface area contributed by atoms with Gasteiger partial charge in [0.1, 0.15) is 0 Å². The molecule has 0 atom stereocenters. The smallest absolute Gasteiger partial charge is 0.0604 e. The molecule has 0 unspecified atom stereocenters. The highest BCUT2D eigenvalue weighted by molar-refractivity contribution is 5.70. The summed E-state index contributed by atoms with van der Waals surface area (Å²) < 4.78 is 0. The summed E-state index contributed by atoms with van der Waals surface area (Å²) in [7, 11) is 4.05. The highest BCUT2D eigenvalue weighted by Gasteiger charge is 2.06. The average Bonchev–Trinajstić information content (AvgIpc) is 2.52. The van der Waals surface area contributed by atoms with Crippen molar-refractivity contribution < 1.29 is 5.11 Å². The maximum Gasteiger partial charge on any atom is 0.0604 e. The topological polar surface area (TPSA) is 73.5 Å². The molecule has 0 heterocycles. The van der Waals surface area contributed by atoms with Gasteiger partial charge in [-0.3, -0.25) is 0 Å². The zero-order valence-electron chi connectivity index (χ0n) is 13.1. The molecule has 2 aromatic rings. The summed E-state index contributed by atoms with van der Waals surface area (Å²) in [5.74, 6) is 0. The van der Waals surface area contributed by atoms with E-state index in [0.717, 1.165) is 28.3 Å². The minimum atomic E-state index is 0.0979. The van der Waals surface area contributed by atoms with Gasteiger partial charge in [-0.05, 0) is 35.9 Å². The molecule has 5 nitrogen and oxygen atoms in total. The Hall–Kier alpha value is -2.40. The van der Waals surface area contributed by atoms with E-state index >= 15 is 0 Å².